The number of nitrogens with zero attached hydrogens (tertiary/aromatic N) is 2. The zero-order chi connectivity index (χ0) is 15.2. The molecule has 1 aromatic rings. The molecule has 1 amide bonds. The first-order valence-electron chi connectivity index (χ1n) is 7.82. The Hall–Kier alpha value is -1.39. The Morgan fingerprint density at radius 1 is 1.29 bits per heavy atom. The van der Waals surface area contributed by atoms with Crippen LogP contribution in [0.3, 0.4) is 0 Å². The van der Waals surface area contributed by atoms with Gasteiger partial charge >= 0.3 is 0 Å². The molecule has 1 unspecified atom stereocenters. The van der Waals surface area contributed by atoms with Crippen LogP contribution in [0.2, 0.25) is 0 Å². The molecule has 0 radical (unpaired) electrons. The lowest BCUT2D eigenvalue weighted by Crippen LogP contribution is -2.50. The number of piperidine rings is 1. The molecule has 0 bridgehead atoms. The van der Waals surface area contributed by atoms with Crippen molar-refractivity contribution in [1.29, 1.82) is 0 Å². The summed E-state index contributed by atoms with van der Waals surface area (Å²) in [7, 11) is 4.21. The van der Waals surface area contributed by atoms with E-state index >= 15 is 0 Å². The van der Waals surface area contributed by atoms with Crippen molar-refractivity contribution in [1.82, 2.24) is 9.80 Å². The van der Waals surface area contributed by atoms with Gasteiger partial charge in [-0.15, -0.1) is 0 Å². The summed E-state index contributed by atoms with van der Waals surface area (Å²) in [5, 5.41) is 0. The predicted molar refractivity (Wildman–Crippen MR) is 86.0 cm³/mol. The summed E-state index contributed by atoms with van der Waals surface area (Å²) in [6, 6.07) is 10.4. The molecule has 1 saturated heterocycles. The van der Waals surface area contributed by atoms with E-state index in [1.165, 1.54) is 5.56 Å². The highest BCUT2D eigenvalue weighted by Gasteiger charge is 2.26. The van der Waals surface area contributed by atoms with Crippen molar-refractivity contribution >= 4 is 5.91 Å². The van der Waals surface area contributed by atoms with Crippen molar-refractivity contribution in [2.24, 2.45) is 5.73 Å². The number of rotatable bonds is 5. The fraction of sp³-hybridized carbons (Fsp3) is 0.588. The van der Waals surface area contributed by atoms with E-state index in [4.69, 9.17) is 5.73 Å². The Labute approximate surface area is 127 Å². The van der Waals surface area contributed by atoms with Crippen LogP contribution in [0.15, 0.2) is 30.3 Å². The van der Waals surface area contributed by atoms with Crippen molar-refractivity contribution in [2.75, 3.05) is 27.2 Å². The molecule has 0 aliphatic carbocycles. The number of hydrogen-bond donors (Lipinski definition) is 1. The lowest BCUT2D eigenvalue weighted by molar-refractivity contribution is -0.134. The van der Waals surface area contributed by atoms with E-state index < -0.39 is 0 Å². The van der Waals surface area contributed by atoms with Crippen LogP contribution >= 0.6 is 0 Å². The van der Waals surface area contributed by atoms with Crippen molar-refractivity contribution in [2.45, 2.75) is 37.8 Å². The van der Waals surface area contributed by atoms with E-state index in [2.05, 4.69) is 31.1 Å². The van der Waals surface area contributed by atoms with Gasteiger partial charge < -0.3 is 15.5 Å². The third-order valence-electron chi connectivity index (χ3n) is 4.41. The van der Waals surface area contributed by atoms with Crippen LogP contribution in [0, 0.1) is 0 Å². The van der Waals surface area contributed by atoms with Crippen molar-refractivity contribution < 1.29 is 4.79 Å². The molecule has 2 N–H and O–H groups in total. The van der Waals surface area contributed by atoms with Gasteiger partial charge in [-0.05, 0) is 45.3 Å². The van der Waals surface area contributed by atoms with Crippen LogP contribution in [0.5, 0.6) is 0 Å². The van der Waals surface area contributed by atoms with Crippen molar-refractivity contribution in [3.05, 3.63) is 35.9 Å². The van der Waals surface area contributed by atoms with Crippen LogP contribution in [0.1, 0.15) is 24.8 Å². The number of aryl methyl sites for hydroxylation is 1. The minimum absolute atomic E-state index is 0.114. The monoisotopic (exact) mass is 289 g/mol. The first-order valence-corrected chi connectivity index (χ1v) is 7.82. The Morgan fingerprint density at radius 2 is 1.90 bits per heavy atom. The summed E-state index contributed by atoms with van der Waals surface area (Å²) in [6.07, 6.45) is 3.67. The minimum atomic E-state index is -0.374. The molecule has 1 fully saturated rings. The average molecular weight is 289 g/mol. The number of carbonyl (C=O) groups excluding carboxylic acids is 1. The van der Waals surface area contributed by atoms with Crippen LogP contribution in [0.25, 0.3) is 0 Å². The van der Waals surface area contributed by atoms with Gasteiger partial charge in [0.2, 0.25) is 5.91 Å². The number of amides is 1. The normalized spacial score (nSPS) is 18.0. The summed E-state index contributed by atoms with van der Waals surface area (Å²) in [4.78, 5) is 16.6. The molecule has 21 heavy (non-hydrogen) atoms. The van der Waals surface area contributed by atoms with Gasteiger partial charge in [-0.25, -0.2) is 0 Å². The van der Waals surface area contributed by atoms with Gasteiger partial charge in [-0.3, -0.25) is 4.79 Å². The quantitative estimate of drug-likeness (QED) is 0.893. The van der Waals surface area contributed by atoms with Gasteiger partial charge in [-0.1, -0.05) is 30.3 Å². The lowest BCUT2D eigenvalue weighted by atomic mass is 10.0. The summed E-state index contributed by atoms with van der Waals surface area (Å²) < 4.78 is 0. The molecule has 0 aromatic heterocycles. The highest BCUT2D eigenvalue weighted by atomic mass is 16.2. The van der Waals surface area contributed by atoms with Crippen LogP contribution in [0.4, 0.5) is 0 Å². The van der Waals surface area contributed by atoms with Gasteiger partial charge in [0.15, 0.2) is 0 Å². The Balaban J connectivity index is 1.78. The molecule has 1 heterocycles. The van der Waals surface area contributed by atoms with E-state index in [9.17, 15) is 4.79 Å². The standard InChI is InChI=1S/C17H27N3O/c1-19(2)15-10-12-20(13-11-15)17(21)16(18)9-8-14-6-4-3-5-7-14/h3-7,15-16H,8-13,18H2,1-2H3. The summed E-state index contributed by atoms with van der Waals surface area (Å²) in [5.74, 6) is 0.114. The largest absolute Gasteiger partial charge is 0.341 e. The molecule has 1 aromatic carbocycles. The smallest absolute Gasteiger partial charge is 0.239 e. The first-order chi connectivity index (χ1) is 10.1. The van der Waals surface area contributed by atoms with Crippen molar-refractivity contribution in [3.63, 3.8) is 0 Å². The van der Waals surface area contributed by atoms with Crippen molar-refractivity contribution in [3.8, 4) is 0 Å². The van der Waals surface area contributed by atoms with Crippen LogP contribution in [-0.4, -0.2) is 55.0 Å². The molecule has 1 aliphatic heterocycles. The fourth-order valence-corrected chi connectivity index (χ4v) is 2.93. The van der Waals surface area contributed by atoms with E-state index in [1.54, 1.807) is 0 Å². The Bertz CT molecular complexity index is 439. The lowest BCUT2D eigenvalue weighted by Gasteiger charge is -2.36. The number of benzene rings is 1. The molecular formula is C17H27N3O. The number of likely N-dealkylation sites (tertiary alicyclic amines) is 1. The SMILES string of the molecule is CN(C)C1CCN(C(=O)C(N)CCc2ccccc2)CC1. The predicted octanol–water partition coefficient (Wildman–Crippen LogP) is 1.50. The molecule has 1 atom stereocenters. The van der Waals surface area contributed by atoms with E-state index in [0.717, 1.165) is 38.8 Å². The molecule has 0 saturated carbocycles. The number of carbonyl (C=O) groups is 1. The second-order valence-corrected chi connectivity index (χ2v) is 6.15. The maximum Gasteiger partial charge on any atom is 0.239 e. The zero-order valence-corrected chi connectivity index (χ0v) is 13.2. The van der Waals surface area contributed by atoms with E-state index in [0.29, 0.717) is 6.04 Å². The van der Waals surface area contributed by atoms with E-state index in [-0.39, 0.29) is 11.9 Å². The summed E-state index contributed by atoms with van der Waals surface area (Å²) in [6.45, 7) is 1.67. The van der Waals surface area contributed by atoms with Crippen LogP contribution in [-0.2, 0) is 11.2 Å². The second-order valence-electron chi connectivity index (χ2n) is 6.15. The highest BCUT2D eigenvalue weighted by Crippen LogP contribution is 2.15. The Morgan fingerprint density at radius 3 is 2.48 bits per heavy atom. The second kappa shape index (κ2) is 7.57. The maximum absolute atomic E-state index is 12.4. The molecule has 4 heteroatoms. The highest BCUT2D eigenvalue weighted by molar-refractivity contribution is 5.81. The van der Waals surface area contributed by atoms with E-state index in [1.807, 2.05) is 23.1 Å². The summed E-state index contributed by atoms with van der Waals surface area (Å²) in [5.41, 5.74) is 7.33. The van der Waals surface area contributed by atoms with Gasteiger partial charge in [0.05, 0.1) is 6.04 Å². The molecule has 4 nitrogen and oxygen atoms in total. The minimum Gasteiger partial charge on any atom is -0.341 e. The van der Waals surface area contributed by atoms with Crippen LogP contribution < -0.4 is 5.73 Å². The molecule has 2 rings (SSSR count). The summed E-state index contributed by atoms with van der Waals surface area (Å²) >= 11 is 0. The van der Waals surface area contributed by atoms with Gasteiger partial charge in [-0.2, -0.15) is 0 Å². The molecule has 116 valence electrons. The number of nitrogens with two attached hydrogens (primary N) is 1. The third kappa shape index (κ3) is 4.55. The molecular weight excluding hydrogens is 262 g/mol. The number of hydrogen-bond acceptors (Lipinski definition) is 3. The van der Waals surface area contributed by atoms with Gasteiger partial charge in [0, 0.05) is 19.1 Å². The molecule has 1 aliphatic rings. The maximum atomic E-state index is 12.4. The fourth-order valence-electron chi connectivity index (χ4n) is 2.93. The first kappa shape index (κ1) is 16.0. The average Bonchev–Trinajstić information content (AvgIpc) is 2.53. The van der Waals surface area contributed by atoms with Gasteiger partial charge in [0.25, 0.3) is 0 Å². The zero-order valence-electron chi connectivity index (χ0n) is 13.2. The topological polar surface area (TPSA) is 49.6 Å². The molecule has 0 spiro atoms. The Kier molecular flexibility index (Phi) is 5.76. The third-order valence-corrected chi connectivity index (χ3v) is 4.41. The van der Waals surface area contributed by atoms with Gasteiger partial charge in [0.1, 0.15) is 0 Å².